The van der Waals surface area contributed by atoms with E-state index >= 15 is 0 Å². The molecule has 12 N–H and O–H groups in total. The van der Waals surface area contributed by atoms with E-state index in [1.807, 2.05) is 6.08 Å². The number of amides is 1. The van der Waals surface area contributed by atoms with Crippen LogP contribution in [-0.2, 0) is 33.2 Å². The molecule has 0 aliphatic carbocycles. The van der Waals surface area contributed by atoms with E-state index in [9.17, 15) is 61.0 Å². The summed E-state index contributed by atoms with van der Waals surface area (Å²) in [5.41, 5.74) is 0. The quantitative estimate of drug-likeness (QED) is 0.0289. The lowest BCUT2D eigenvalue weighted by Crippen LogP contribution is -2.66. The van der Waals surface area contributed by atoms with Gasteiger partial charge in [-0.05, 0) is 44.9 Å². The molecule has 0 aromatic rings. The van der Waals surface area contributed by atoms with Gasteiger partial charge in [-0.1, -0.05) is 173 Å². The van der Waals surface area contributed by atoms with Crippen molar-refractivity contribution in [3.8, 4) is 0 Å². The number of hydrogen-bond acceptors (Lipinski definition) is 18. The van der Waals surface area contributed by atoms with Gasteiger partial charge in [0.2, 0.25) is 5.91 Å². The van der Waals surface area contributed by atoms with E-state index in [-0.39, 0.29) is 18.9 Å². The Morgan fingerprint density at radius 3 is 1.29 bits per heavy atom. The maximum absolute atomic E-state index is 13.3. The van der Waals surface area contributed by atoms with E-state index in [0.29, 0.717) is 6.42 Å². The molecule has 3 rings (SSSR count). The average Bonchev–Trinajstić information content (AvgIpc) is 3.41. The van der Waals surface area contributed by atoms with Crippen molar-refractivity contribution in [1.82, 2.24) is 5.32 Å². The summed E-state index contributed by atoms with van der Waals surface area (Å²) < 4.78 is 34.2. The van der Waals surface area contributed by atoms with Crippen LogP contribution in [-0.4, -0.2) is 193 Å². The summed E-state index contributed by atoms with van der Waals surface area (Å²) in [4.78, 5) is 13.3. The van der Waals surface area contributed by atoms with Gasteiger partial charge < -0.3 is 89.9 Å². The predicted octanol–water partition coefficient (Wildman–Crippen LogP) is 4.76. The monoisotopic (exact) mass is 1090 g/mol. The van der Waals surface area contributed by atoms with Crippen molar-refractivity contribution in [2.45, 2.75) is 304 Å². The molecule has 446 valence electrons. The fourth-order valence-electron chi connectivity index (χ4n) is 10.1. The minimum atomic E-state index is -1.98. The van der Waals surface area contributed by atoms with Gasteiger partial charge >= 0.3 is 0 Å². The van der Waals surface area contributed by atoms with Crippen molar-refractivity contribution < 1.29 is 89.4 Å². The van der Waals surface area contributed by atoms with E-state index in [0.717, 1.165) is 64.2 Å². The number of carbonyl (C=O) groups is 1. The lowest BCUT2D eigenvalue weighted by molar-refractivity contribution is -0.379. The van der Waals surface area contributed by atoms with E-state index in [1.165, 1.54) is 109 Å². The molecule has 17 atom stereocenters. The van der Waals surface area contributed by atoms with Gasteiger partial charge in [0.05, 0.1) is 38.6 Å². The molecular weight excluding hydrogens is 987 g/mol. The summed E-state index contributed by atoms with van der Waals surface area (Å²) in [7, 11) is 0. The summed E-state index contributed by atoms with van der Waals surface area (Å²) in [6.07, 6.45) is 14.5. The van der Waals surface area contributed by atoms with Crippen LogP contribution in [0.2, 0.25) is 0 Å². The van der Waals surface area contributed by atoms with Gasteiger partial charge in [-0.3, -0.25) is 4.79 Å². The highest BCUT2D eigenvalue weighted by Crippen LogP contribution is 2.33. The van der Waals surface area contributed by atoms with E-state index in [1.54, 1.807) is 6.08 Å². The molecule has 3 saturated heterocycles. The number of carbonyl (C=O) groups excluding carboxylic acids is 1. The Morgan fingerprint density at radius 1 is 0.461 bits per heavy atom. The third-order valence-electron chi connectivity index (χ3n) is 15.0. The Balaban J connectivity index is 1.52. The second-order valence-corrected chi connectivity index (χ2v) is 21.5. The highest BCUT2D eigenvalue weighted by Gasteiger charge is 2.53. The first-order valence-electron chi connectivity index (χ1n) is 29.6. The topological polar surface area (TPSA) is 307 Å². The van der Waals surface area contributed by atoms with Crippen molar-refractivity contribution in [1.29, 1.82) is 0 Å². The first kappa shape index (κ1) is 68.5. The largest absolute Gasteiger partial charge is 0.394 e. The molecular formula is C57H105NO18. The minimum Gasteiger partial charge on any atom is -0.394 e. The molecule has 3 aliphatic heterocycles. The third-order valence-corrected chi connectivity index (χ3v) is 15.0. The Morgan fingerprint density at radius 2 is 0.829 bits per heavy atom. The maximum atomic E-state index is 13.3. The molecule has 1 amide bonds. The number of unbranched alkanes of at least 4 members (excludes halogenated alkanes) is 25. The van der Waals surface area contributed by atoms with Gasteiger partial charge in [0, 0.05) is 6.42 Å². The molecule has 0 aromatic carbocycles. The molecule has 3 heterocycles. The van der Waals surface area contributed by atoms with Crippen LogP contribution in [0.3, 0.4) is 0 Å². The van der Waals surface area contributed by atoms with Gasteiger partial charge in [-0.15, -0.1) is 0 Å². The average molecular weight is 1090 g/mol. The molecule has 17 unspecified atom stereocenters. The summed E-state index contributed by atoms with van der Waals surface area (Å²) in [6, 6.07) is -0.973. The van der Waals surface area contributed by atoms with Crippen LogP contribution >= 0.6 is 0 Å². The Kier molecular flexibility index (Phi) is 37.2. The summed E-state index contributed by atoms with van der Waals surface area (Å²) in [6.45, 7) is 1.69. The number of allylic oxidation sites excluding steroid dienone is 3. The van der Waals surface area contributed by atoms with Crippen LogP contribution in [0.1, 0.15) is 200 Å². The van der Waals surface area contributed by atoms with Crippen LogP contribution in [0, 0.1) is 0 Å². The number of rotatable bonds is 43. The van der Waals surface area contributed by atoms with Gasteiger partial charge in [-0.2, -0.15) is 0 Å². The molecule has 19 nitrogen and oxygen atoms in total. The van der Waals surface area contributed by atoms with Crippen molar-refractivity contribution >= 4 is 5.91 Å². The second-order valence-electron chi connectivity index (χ2n) is 21.5. The molecule has 0 spiro atoms. The SMILES string of the molecule is CCCCCC/C=C\CCCCCCCC(=O)NC(COC1OC(CO)C(OC2OC(CO)C(OC3OC(CO)C(O)C(O)C3O)C(O)C2O)C(O)C1O)C(O)/C=C/CCCCCCCCCCCCCCCCCC. The first-order chi connectivity index (χ1) is 36.8. The van der Waals surface area contributed by atoms with E-state index in [2.05, 4.69) is 31.3 Å². The normalized spacial score (nSPS) is 31.1. The number of hydrogen-bond donors (Lipinski definition) is 12. The molecule has 0 saturated carbocycles. The smallest absolute Gasteiger partial charge is 0.220 e. The van der Waals surface area contributed by atoms with Gasteiger partial charge in [0.15, 0.2) is 18.9 Å². The minimum absolute atomic E-state index is 0.234. The molecule has 0 radical (unpaired) electrons. The zero-order valence-electron chi connectivity index (χ0n) is 46.2. The highest BCUT2D eigenvalue weighted by molar-refractivity contribution is 5.76. The highest BCUT2D eigenvalue weighted by atomic mass is 16.8. The molecule has 19 heteroatoms. The third kappa shape index (κ3) is 25.4. The van der Waals surface area contributed by atoms with E-state index in [4.69, 9.17) is 28.4 Å². The van der Waals surface area contributed by atoms with Crippen molar-refractivity contribution in [3.05, 3.63) is 24.3 Å². The standard InChI is InChI=1S/C57H105NO18/c1-3-5-7-9-11-13-15-17-18-19-20-21-23-24-26-28-30-32-34-41(62)40(58-45(63)35-33-31-29-27-25-22-16-14-12-10-8-6-4-2)39-71-55-51(69)48(66)53(43(37-60)73-55)76-57-52(70)49(67)54(44(38-61)74-57)75-56-50(68)47(65)46(64)42(36-59)72-56/h14,16,32,34,40-44,46-57,59-62,64-70H,3-13,15,17-31,33,35-39H2,1-2H3,(H,58,63)/b16-14-,34-32+. The molecule has 3 aliphatic rings. The lowest BCUT2D eigenvalue weighted by atomic mass is 9.96. The number of aliphatic hydroxyl groups excluding tert-OH is 11. The van der Waals surface area contributed by atoms with Gasteiger partial charge in [0.25, 0.3) is 0 Å². The second kappa shape index (κ2) is 41.3. The molecule has 76 heavy (non-hydrogen) atoms. The zero-order valence-corrected chi connectivity index (χ0v) is 46.2. The van der Waals surface area contributed by atoms with E-state index < -0.39 is 124 Å². The predicted molar refractivity (Wildman–Crippen MR) is 286 cm³/mol. The first-order valence-corrected chi connectivity index (χ1v) is 29.6. The Labute approximate surface area is 454 Å². The fraction of sp³-hybridized carbons (Fsp3) is 0.912. The van der Waals surface area contributed by atoms with Crippen LogP contribution in [0.4, 0.5) is 0 Å². The van der Waals surface area contributed by atoms with Crippen molar-refractivity contribution in [3.63, 3.8) is 0 Å². The molecule has 3 fully saturated rings. The summed E-state index contributed by atoms with van der Waals surface area (Å²) in [5.74, 6) is -0.285. The Bertz CT molecular complexity index is 1490. The van der Waals surface area contributed by atoms with Gasteiger partial charge in [-0.25, -0.2) is 0 Å². The van der Waals surface area contributed by atoms with Crippen LogP contribution in [0.25, 0.3) is 0 Å². The number of ether oxygens (including phenoxy) is 6. The molecule has 0 bridgehead atoms. The van der Waals surface area contributed by atoms with Crippen molar-refractivity contribution in [2.75, 3.05) is 26.4 Å². The lowest BCUT2D eigenvalue weighted by Gasteiger charge is -2.48. The van der Waals surface area contributed by atoms with Gasteiger partial charge in [0.1, 0.15) is 73.2 Å². The maximum Gasteiger partial charge on any atom is 0.220 e. The fourth-order valence-corrected chi connectivity index (χ4v) is 10.1. The molecule has 0 aromatic heterocycles. The zero-order chi connectivity index (χ0) is 55.5. The van der Waals surface area contributed by atoms with Crippen LogP contribution in [0.15, 0.2) is 24.3 Å². The van der Waals surface area contributed by atoms with Crippen LogP contribution < -0.4 is 5.32 Å². The van der Waals surface area contributed by atoms with Crippen molar-refractivity contribution in [2.24, 2.45) is 0 Å². The number of aliphatic hydroxyl groups is 11. The summed E-state index contributed by atoms with van der Waals surface area (Å²) >= 11 is 0. The Hall–Kier alpha value is -1.73. The number of nitrogens with one attached hydrogen (secondary N) is 1. The summed E-state index contributed by atoms with van der Waals surface area (Å²) in [5, 5.41) is 120. The van der Waals surface area contributed by atoms with Crippen LogP contribution in [0.5, 0.6) is 0 Å².